The van der Waals surface area contributed by atoms with Gasteiger partial charge in [-0.15, -0.1) is 0 Å². The molecule has 1 aliphatic rings. The van der Waals surface area contributed by atoms with Crippen LogP contribution in [0, 0.1) is 11.6 Å². The van der Waals surface area contributed by atoms with Gasteiger partial charge in [0, 0.05) is 0 Å². The van der Waals surface area contributed by atoms with E-state index in [-0.39, 0.29) is 11.4 Å². The molecular formula is C16H13F2NO. The Bertz CT molecular complexity index is 648. The molecule has 3 rings (SSSR count). The van der Waals surface area contributed by atoms with Crippen molar-refractivity contribution in [1.29, 1.82) is 0 Å². The Labute approximate surface area is 115 Å². The molecule has 20 heavy (non-hydrogen) atoms. The third kappa shape index (κ3) is 2.29. The quantitative estimate of drug-likeness (QED) is 0.912. The Morgan fingerprint density at radius 2 is 1.65 bits per heavy atom. The van der Waals surface area contributed by atoms with Crippen molar-refractivity contribution in [2.45, 2.75) is 18.4 Å². The summed E-state index contributed by atoms with van der Waals surface area (Å²) in [5, 5.41) is 2.86. The Balaban J connectivity index is 1.82. The van der Waals surface area contributed by atoms with E-state index in [1.165, 1.54) is 24.3 Å². The molecule has 102 valence electrons. The molecule has 1 amide bonds. The first-order chi connectivity index (χ1) is 9.61. The van der Waals surface area contributed by atoms with Crippen LogP contribution in [0.4, 0.5) is 8.78 Å². The summed E-state index contributed by atoms with van der Waals surface area (Å²) in [6, 6.07) is 11.9. The highest BCUT2D eigenvalue weighted by Gasteiger charge is 2.45. The molecule has 2 nitrogen and oxygen atoms in total. The van der Waals surface area contributed by atoms with E-state index in [0.29, 0.717) is 0 Å². The second kappa shape index (κ2) is 4.71. The molecule has 1 fully saturated rings. The first-order valence-corrected chi connectivity index (χ1v) is 6.44. The van der Waals surface area contributed by atoms with Crippen molar-refractivity contribution in [2.75, 3.05) is 0 Å². The van der Waals surface area contributed by atoms with Crippen LogP contribution in [0.5, 0.6) is 0 Å². The van der Waals surface area contributed by atoms with E-state index < -0.39 is 17.3 Å². The zero-order chi connectivity index (χ0) is 14.2. The topological polar surface area (TPSA) is 29.1 Å². The van der Waals surface area contributed by atoms with Gasteiger partial charge in [-0.05, 0) is 42.7 Å². The highest BCUT2D eigenvalue weighted by Crippen LogP contribution is 2.45. The fourth-order valence-corrected chi connectivity index (χ4v) is 2.31. The molecule has 0 saturated heterocycles. The van der Waals surface area contributed by atoms with E-state index in [1.807, 2.05) is 0 Å². The second-order valence-electron chi connectivity index (χ2n) is 5.02. The lowest BCUT2D eigenvalue weighted by atomic mass is 10.0. The Morgan fingerprint density at radius 3 is 2.25 bits per heavy atom. The van der Waals surface area contributed by atoms with Crippen molar-refractivity contribution in [1.82, 2.24) is 5.32 Å². The van der Waals surface area contributed by atoms with Crippen molar-refractivity contribution < 1.29 is 13.6 Å². The normalized spacial score (nSPS) is 15.7. The van der Waals surface area contributed by atoms with E-state index in [0.717, 1.165) is 18.4 Å². The van der Waals surface area contributed by atoms with Crippen LogP contribution in [0.15, 0.2) is 48.5 Å². The van der Waals surface area contributed by atoms with E-state index in [9.17, 15) is 13.6 Å². The van der Waals surface area contributed by atoms with Crippen LogP contribution in [0.25, 0.3) is 0 Å². The summed E-state index contributed by atoms with van der Waals surface area (Å²) < 4.78 is 26.5. The molecule has 0 aromatic heterocycles. The molecular weight excluding hydrogens is 260 g/mol. The molecule has 0 spiro atoms. The van der Waals surface area contributed by atoms with E-state index in [4.69, 9.17) is 0 Å². The highest BCUT2D eigenvalue weighted by atomic mass is 19.1. The third-order valence-electron chi connectivity index (χ3n) is 3.62. The van der Waals surface area contributed by atoms with Gasteiger partial charge in [0.2, 0.25) is 0 Å². The predicted octanol–water partition coefficient (Wildman–Crippen LogP) is 3.38. The summed E-state index contributed by atoms with van der Waals surface area (Å²) in [7, 11) is 0. The van der Waals surface area contributed by atoms with Crippen LogP contribution < -0.4 is 5.32 Å². The molecule has 0 aliphatic heterocycles. The van der Waals surface area contributed by atoms with Crippen LogP contribution in [-0.2, 0) is 5.54 Å². The molecule has 4 heteroatoms. The van der Waals surface area contributed by atoms with Crippen LogP contribution in [-0.4, -0.2) is 5.91 Å². The average molecular weight is 273 g/mol. The smallest absolute Gasteiger partial charge is 0.254 e. The SMILES string of the molecule is O=C(NC1(c2ccc(F)cc2)CC1)c1ccccc1F. The summed E-state index contributed by atoms with van der Waals surface area (Å²) in [5.41, 5.74) is 0.400. The molecule has 2 aromatic carbocycles. The number of amides is 1. The van der Waals surface area contributed by atoms with Gasteiger partial charge in [0.15, 0.2) is 0 Å². The Hall–Kier alpha value is -2.23. The van der Waals surface area contributed by atoms with Crippen LogP contribution >= 0.6 is 0 Å². The van der Waals surface area contributed by atoms with Gasteiger partial charge in [-0.25, -0.2) is 8.78 Å². The zero-order valence-corrected chi connectivity index (χ0v) is 10.7. The summed E-state index contributed by atoms with van der Waals surface area (Å²) in [4.78, 5) is 12.1. The van der Waals surface area contributed by atoms with Gasteiger partial charge in [-0.1, -0.05) is 24.3 Å². The van der Waals surface area contributed by atoms with Gasteiger partial charge in [-0.3, -0.25) is 4.79 Å². The van der Waals surface area contributed by atoms with Crippen molar-refractivity contribution >= 4 is 5.91 Å². The van der Waals surface area contributed by atoms with Gasteiger partial charge >= 0.3 is 0 Å². The summed E-state index contributed by atoms with van der Waals surface area (Å²) in [6.45, 7) is 0. The molecule has 1 aliphatic carbocycles. The minimum atomic E-state index is -0.542. The molecule has 0 radical (unpaired) electrons. The predicted molar refractivity (Wildman–Crippen MR) is 71.2 cm³/mol. The number of nitrogens with one attached hydrogen (secondary N) is 1. The number of hydrogen-bond donors (Lipinski definition) is 1. The fraction of sp³-hybridized carbons (Fsp3) is 0.188. The van der Waals surface area contributed by atoms with Crippen molar-refractivity contribution in [3.8, 4) is 0 Å². The lowest BCUT2D eigenvalue weighted by molar-refractivity contribution is 0.0926. The first-order valence-electron chi connectivity index (χ1n) is 6.44. The first kappa shape index (κ1) is 12.8. The van der Waals surface area contributed by atoms with Crippen molar-refractivity contribution in [3.63, 3.8) is 0 Å². The van der Waals surface area contributed by atoms with Crippen LogP contribution in [0.3, 0.4) is 0 Å². The third-order valence-corrected chi connectivity index (χ3v) is 3.62. The second-order valence-corrected chi connectivity index (χ2v) is 5.02. The number of halogens is 2. The van der Waals surface area contributed by atoms with Gasteiger partial charge < -0.3 is 5.32 Å². The molecule has 0 unspecified atom stereocenters. The fourth-order valence-electron chi connectivity index (χ4n) is 2.31. The van der Waals surface area contributed by atoms with Crippen molar-refractivity contribution in [3.05, 3.63) is 71.3 Å². The monoisotopic (exact) mass is 273 g/mol. The zero-order valence-electron chi connectivity index (χ0n) is 10.7. The molecule has 1 saturated carbocycles. The maximum absolute atomic E-state index is 13.6. The number of carbonyl (C=O) groups excluding carboxylic acids is 1. The summed E-state index contributed by atoms with van der Waals surface area (Å²) in [5.74, 6) is -1.30. The van der Waals surface area contributed by atoms with Crippen molar-refractivity contribution in [2.24, 2.45) is 0 Å². The molecule has 0 heterocycles. The maximum atomic E-state index is 13.6. The van der Waals surface area contributed by atoms with E-state index in [2.05, 4.69) is 5.32 Å². The summed E-state index contributed by atoms with van der Waals surface area (Å²) >= 11 is 0. The van der Waals surface area contributed by atoms with Crippen LogP contribution in [0.2, 0.25) is 0 Å². The maximum Gasteiger partial charge on any atom is 0.254 e. The van der Waals surface area contributed by atoms with Gasteiger partial charge in [0.05, 0.1) is 11.1 Å². The van der Waals surface area contributed by atoms with Gasteiger partial charge in [0.1, 0.15) is 11.6 Å². The Kier molecular flexibility index (Phi) is 3.01. The lowest BCUT2D eigenvalue weighted by Crippen LogP contribution is -2.35. The van der Waals surface area contributed by atoms with Gasteiger partial charge in [-0.2, -0.15) is 0 Å². The molecule has 1 N–H and O–H groups in total. The Morgan fingerprint density at radius 1 is 1.00 bits per heavy atom. The largest absolute Gasteiger partial charge is 0.342 e. The number of carbonyl (C=O) groups is 1. The minimum absolute atomic E-state index is 0.0286. The number of hydrogen-bond acceptors (Lipinski definition) is 1. The molecule has 2 aromatic rings. The van der Waals surface area contributed by atoms with E-state index in [1.54, 1.807) is 24.3 Å². The molecule has 0 bridgehead atoms. The van der Waals surface area contributed by atoms with E-state index >= 15 is 0 Å². The standard InChI is InChI=1S/C16H13F2NO/c17-12-7-5-11(6-8-12)16(9-10-16)19-15(20)13-3-1-2-4-14(13)18/h1-8H,9-10H2,(H,19,20). The van der Waals surface area contributed by atoms with Crippen LogP contribution in [0.1, 0.15) is 28.8 Å². The highest BCUT2D eigenvalue weighted by molar-refractivity contribution is 5.95. The molecule has 0 atom stereocenters. The number of benzene rings is 2. The lowest BCUT2D eigenvalue weighted by Gasteiger charge is -2.18. The summed E-state index contributed by atoms with van der Waals surface area (Å²) in [6.07, 6.45) is 1.55. The minimum Gasteiger partial charge on any atom is -0.342 e. The number of rotatable bonds is 3. The average Bonchev–Trinajstić information content (AvgIpc) is 3.20. The van der Waals surface area contributed by atoms with Gasteiger partial charge in [0.25, 0.3) is 5.91 Å².